The van der Waals surface area contributed by atoms with Crippen molar-refractivity contribution in [1.82, 2.24) is 15.2 Å². The molecule has 4 rings (SSSR count). The minimum Gasteiger partial charge on any atom is -0.255 e. The lowest BCUT2D eigenvalue weighted by Gasteiger charge is -2.28. The molecule has 0 amide bonds. The van der Waals surface area contributed by atoms with Crippen molar-refractivity contribution in [1.29, 1.82) is 0 Å². The molecule has 1 N–H and O–H groups in total. The molecule has 1 aliphatic rings. The topological polar surface area (TPSA) is 41.6 Å². The van der Waals surface area contributed by atoms with Crippen LogP contribution in [0.15, 0.2) is 36.5 Å². The summed E-state index contributed by atoms with van der Waals surface area (Å²) in [4.78, 5) is 4.45. The van der Waals surface area contributed by atoms with Gasteiger partial charge in [0.15, 0.2) is 0 Å². The lowest BCUT2D eigenvalue weighted by atomic mass is 9.77. The van der Waals surface area contributed by atoms with Gasteiger partial charge in [-0.15, -0.1) is 0 Å². The molecule has 0 radical (unpaired) electrons. The standard InChI is InChI=1S/C18H15ClFN3/c19-15-5-2-8-21-17(15)13(12-3-1-4-12)9-11-6-7-16-14(10-11)18(20)23-22-16/h2,5-10,12H,1,3-4H2,(H,22,23)/b13-9-. The van der Waals surface area contributed by atoms with Crippen molar-refractivity contribution >= 4 is 34.2 Å². The van der Waals surface area contributed by atoms with Crippen LogP contribution in [0.25, 0.3) is 22.6 Å². The predicted octanol–water partition coefficient (Wildman–Crippen LogP) is 5.09. The van der Waals surface area contributed by atoms with Gasteiger partial charge in [-0.05, 0) is 60.2 Å². The Morgan fingerprint density at radius 3 is 2.91 bits per heavy atom. The van der Waals surface area contributed by atoms with E-state index < -0.39 is 5.95 Å². The SMILES string of the molecule is Fc1[nH]nc2ccc(/C=C(\c3ncccc3Cl)C3CCC3)cc12. The number of rotatable bonds is 3. The molecule has 1 fully saturated rings. The zero-order chi connectivity index (χ0) is 15.8. The Balaban J connectivity index is 1.82. The summed E-state index contributed by atoms with van der Waals surface area (Å²) in [5.74, 6) is 0.0589. The fourth-order valence-corrected chi connectivity index (χ4v) is 3.19. The Hall–Kier alpha value is -2.20. The normalized spacial score (nSPS) is 15.8. The summed E-state index contributed by atoms with van der Waals surface area (Å²) in [7, 11) is 0. The molecule has 1 aliphatic carbocycles. The van der Waals surface area contributed by atoms with Gasteiger partial charge >= 0.3 is 0 Å². The van der Waals surface area contributed by atoms with E-state index >= 15 is 0 Å². The minimum atomic E-state index is -0.406. The number of halogens is 2. The van der Waals surface area contributed by atoms with E-state index in [0.717, 1.165) is 29.7 Å². The molecule has 3 nitrogen and oxygen atoms in total. The van der Waals surface area contributed by atoms with Gasteiger partial charge in [-0.1, -0.05) is 24.1 Å². The molecule has 0 bridgehead atoms. The van der Waals surface area contributed by atoms with Crippen molar-refractivity contribution in [2.75, 3.05) is 0 Å². The summed E-state index contributed by atoms with van der Waals surface area (Å²) < 4.78 is 13.7. The van der Waals surface area contributed by atoms with Crippen molar-refractivity contribution in [3.63, 3.8) is 0 Å². The first kappa shape index (κ1) is 14.4. The molecule has 116 valence electrons. The van der Waals surface area contributed by atoms with Crippen LogP contribution in [-0.2, 0) is 0 Å². The molecular weight excluding hydrogens is 313 g/mol. The molecule has 1 aromatic carbocycles. The Morgan fingerprint density at radius 2 is 2.17 bits per heavy atom. The summed E-state index contributed by atoms with van der Waals surface area (Å²) in [6.45, 7) is 0. The lowest BCUT2D eigenvalue weighted by molar-refractivity contribution is 0.401. The largest absolute Gasteiger partial charge is 0.255 e. The summed E-state index contributed by atoms with van der Waals surface area (Å²) in [6, 6.07) is 9.26. The Morgan fingerprint density at radius 1 is 1.30 bits per heavy atom. The highest BCUT2D eigenvalue weighted by atomic mass is 35.5. The second-order valence-electron chi connectivity index (χ2n) is 5.88. The minimum absolute atomic E-state index is 0.406. The third-order valence-electron chi connectivity index (χ3n) is 4.43. The van der Waals surface area contributed by atoms with Gasteiger partial charge in [-0.2, -0.15) is 9.49 Å². The van der Waals surface area contributed by atoms with E-state index in [0.29, 0.717) is 21.8 Å². The fraction of sp³-hybridized carbons (Fsp3) is 0.222. The number of hydrogen-bond acceptors (Lipinski definition) is 2. The Bertz CT molecular complexity index is 896. The van der Waals surface area contributed by atoms with Crippen molar-refractivity contribution in [2.45, 2.75) is 19.3 Å². The average molecular weight is 328 g/mol. The molecule has 2 heterocycles. The highest BCUT2D eigenvalue weighted by Crippen LogP contribution is 2.41. The first-order chi connectivity index (χ1) is 11.2. The van der Waals surface area contributed by atoms with E-state index in [1.54, 1.807) is 6.20 Å². The quantitative estimate of drug-likeness (QED) is 0.728. The molecule has 0 aliphatic heterocycles. The van der Waals surface area contributed by atoms with Crippen LogP contribution in [0.4, 0.5) is 4.39 Å². The van der Waals surface area contributed by atoms with Gasteiger partial charge < -0.3 is 0 Å². The van der Waals surface area contributed by atoms with Crippen LogP contribution in [0.1, 0.15) is 30.5 Å². The maximum Gasteiger partial charge on any atom is 0.216 e. The number of aromatic nitrogens is 3. The van der Waals surface area contributed by atoms with Crippen LogP contribution in [0.3, 0.4) is 0 Å². The van der Waals surface area contributed by atoms with E-state index in [2.05, 4.69) is 21.3 Å². The third-order valence-corrected chi connectivity index (χ3v) is 4.74. The monoisotopic (exact) mass is 327 g/mol. The van der Waals surface area contributed by atoms with Crippen molar-refractivity contribution in [3.05, 3.63) is 58.8 Å². The van der Waals surface area contributed by atoms with E-state index in [1.807, 2.05) is 30.3 Å². The zero-order valence-corrected chi connectivity index (χ0v) is 13.1. The molecule has 1 saturated carbocycles. The maximum absolute atomic E-state index is 13.7. The molecule has 0 atom stereocenters. The number of nitrogens with zero attached hydrogens (tertiary/aromatic N) is 2. The van der Waals surface area contributed by atoms with Gasteiger partial charge in [0, 0.05) is 6.20 Å². The molecule has 3 aromatic rings. The second-order valence-corrected chi connectivity index (χ2v) is 6.28. The second kappa shape index (κ2) is 5.78. The third kappa shape index (κ3) is 2.63. The number of benzene rings is 1. The summed E-state index contributed by atoms with van der Waals surface area (Å²) >= 11 is 6.33. The predicted molar refractivity (Wildman–Crippen MR) is 90.5 cm³/mol. The van der Waals surface area contributed by atoms with Crippen molar-refractivity contribution in [3.8, 4) is 0 Å². The molecule has 2 aromatic heterocycles. The van der Waals surface area contributed by atoms with Gasteiger partial charge in [0.05, 0.1) is 21.6 Å². The molecule has 0 unspecified atom stereocenters. The van der Waals surface area contributed by atoms with Crippen LogP contribution in [0.5, 0.6) is 0 Å². The van der Waals surface area contributed by atoms with E-state index in [-0.39, 0.29) is 0 Å². The highest BCUT2D eigenvalue weighted by molar-refractivity contribution is 6.32. The zero-order valence-electron chi connectivity index (χ0n) is 12.4. The number of H-pyrrole nitrogens is 1. The summed E-state index contributed by atoms with van der Waals surface area (Å²) in [5.41, 5.74) is 3.51. The number of aromatic amines is 1. The van der Waals surface area contributed by atoms with E-state index in [4.69, 9.17) is 11.6 Å². The summed E-state index contributed by atoms with van der Waals surface area (Å²) in [6.07, 6.45) is 7.33. The number of hydrogen-bond donors (Lipinski definition) is 1. The fourth-order valence-electron chi connectivity index (χ4n) is 2.96. The van der Waals surface area contributed by atoms with E-state index in [1.165, 1.54) is 6.42 Å². The highest BCUT2D eigenvalue weighted by Gasteiger charge is 2.25. The first-order valence-electron chi connectivity index (χ1n) is 7.68. The Labute approximate surface area is 138 Å². The van der Waals surface area contributed by atoms with Gasteiger partial charge in [-0.25, -0.2) is 0 Å². The van der Waals surface area contributed by atoms with Crippen molar-refractivity contribution in [2.24, 2.45) is 5.92 Å². The van der Waals surface area contributed by atoms with Gasteiger partial charge in [0.25, 0.3) is 0 Å². The molecule has 5 heteroatoms. The van der Waals surface area contributed by atoms with Crippen LogP contribution >= 0.6 is 11.6 Å². The van der Waals surface area contributed by atoms with Gasteiger partial charge in [0.2, 0.25) is 5.95 Å². The number of pyridine rings is 1. The maximum atomic E-state index is 13.7. The smallest absolute Gasteiger partial charge is 0.216 e. The number of allylic oxidation sites excluding steroid dienone is 1. The molecule has 23 heavy (non-hydrogen) atoms. The van der Waals surface area contributed by atoms with Crippen molar-refractivity contribution < 1.29 is 4.39 Å². The van der Waals surface area contributed by atoms with Crippen LogP contribution in [0.2, 0.25) is 5.02 Å². The molecule has 0 spiro atoms. The van der Waals surface area contributed by atoms with Crippen LogP contribution < -0.4 is 0 Å². The van der Waals surface area contributed by atoms with Gasteiger partial charge in [0.1, 0.15) is 0 Å². The average Bonchev–Trinajstić information content (AvgIpc) is 2.87. The lowest BCUT2D eigenvalue weighted by Crippen LogP contribution is -2.14. The number of fused-ring (bicyclic) bond motifs is 1. The van der Waals surface area contributed by atoms with Crippen LogP contribution in [0, 0.1) is 11.9 Å². The summed E-state index contributed by atoms with van der Waals surface area (Å²) in [5, 5.41) is 7.44. The van der Waals surface area contributed by atoms with Crippen LogP contribution in [-0.4, -0.2) is 15.2 Å². The first-order valence-corrected chi connectivity index (χ1v) is 8.06. The molecular formula is C18H15ClFN3. The molecule has 0 saturated heterocycles. The number of nitrogens with one attached hydrogen (secondary N) is 1. The van der Waals surface area contributed by atoms with E-state index in [9.17, 15) is 4.39 Å². The Kier molecular flexibility index (Phi) is 3.62. The van der Waals surface area contributed by atoms with Gasteiger partial charge in [-0.3, -0.25) is 10.1 Å².